The van der Waals surface area contributed by atoms with Crippen LogP contribution in [0.4, 0.5) is 0 Å². The van der Waals surface area contributed by atoms with Crippen molar-refractivity contribution in [1.82, 2.24) is 0 Å². The highest BCUT2D eigenvalue weighted by atomic mass is 35.5. The molecule has 0 aromatic heterocycles. The maximum Gasteiger partial charge on any atom is 0.318 e. The van der Waals surface area contributed by atoms with Gasteiger partial charge in [0.2, 0.25) is 0 Å². The second kappa shape index (κ2) is 9.09. The van der Waals surface area contributed by atoms with Crippen molar-refractivity contribution >= 4 is 17.6 Å². The van der Waals surface area contributed by atoms with Crippen LogP contribution in [0.5, 0.6) is 0 Å². The van der Waals surface area contributed by atoms with Gasteiger partial charge in [0.25, 0.3) is 0 Å². The number of carbonyl (C=O) groups is 1. The Bertz CT molecular complexity index is 53.7. The minimum Gasteiger partial charge on any atom is -0.480 e. The molecule has 1 N–H and O–H groups in total. The molecule has 0 spiro atoms. The summed E-state index contributed by atoms with van der Waals surface area (Å²) in [6.07, 6.45) is 0. The quantitative estimate of drug-likeness (QED) is 0.418. The fraction of sp³-hybridized carbons (Fsp3) is 0.250. The van der Waals surface area contributed by atoms with Crippen LogP contribution in [-0.2, 0) is 4.79 Å². The van der Waals surface area contributed by atoms with E-state index in [2.05, 4.69) is 13.2 Å². The van der Waals surface area contributed by atoms with Crippen molar-refractivity contribution in [3.8, 4) is 0 Å². The van der Waals surface area contributed by atoms with Crippen LogP contribution in [-0.4, -0.2) is 17.0 Å². The van der Waals surface area contributed by atoms with Crippen LogP contribution in [0.3, 0.4) is 0 Å². The van der Waals surface area contributed by atoms with Crippen LogP contribution in [0.25, 0.3) is 0 Å². The molecule has 0 aliphatic heterocycles. The van der Waals surface area contributed by atoms with Gasteiger partial charge in [-0.15, -0.1) is 24.8 Å². The van der Waals surface area contributed by atoms with Gasteiger partial charge in [-0.25, -0.2) is 0 Å². The summed E-state index contributed by atoms with van der Waals surface area (Å²) in [5.41, 5.74) is 0. The van der Waals surface area contributed by atoms with E-state index in [9.17, 15) is 4.79 Å². The highest BCUT2D eigenvalue weighted by Gasteiger charge is 1.83. The van der Waals surface area contributed by atoms with E-state index in [1.165, 1.54) is 0 Å². The van der Waals surface area contributed by atoms with Crippen molar-refractivity contribution in [3.63, 3.8) is 0 Å². The van der Waals surface area contributed by atoms with Crippen molar-refractivity contribution in [3.05, 3.63) is 13.2 Å². The lowest BCUT2D eigenvalue weighted by Crippen LogP contribution is -1.92. The first-order chi connectivity index (χ1) is 3.27. The Hall–Kier alpha value is -0.500. The molecule has 0 saturated heterocycles. The average molecular weight is 123 g/mol. The maximum atomic E-state index is 9.24. The molecule has 0 atom stereocenters. The Labute approximate surface area is 47.4 Å². The predicted octanol–water partition coefficient (Wildman–Crippen LogP) is 1.11. The van der Waals surface area contributed by atoms with Gasteiger partial charge in [-0.2, -0.15) is 0 Å². The maximum absolute atomic E-state index is 9.24. The van der Waals surface area contributed by atoms with E-state index in [0.29, 0.717) is 0 Å². The fourth-order valence-electron chi connectivity index (χ4n) is 0. The summed E-state index contributed by atoms with van der Waals surface area (Å²) in [5, 5.41) is 7.59. The molecule has 0 aliphatic rings. The molecule has 42 valence electrons. The molecule has 0 bridgehead atoms. The van der Waals surface area contributed by atoms with Crippen LogP contribution >= 0.6 is 11.6 Å². The Balaban J connectivity index is 0. The monoisotopic (exact) mass is 122 g/mol. The number of rotatable bonds is 1. The second-order valence-electron chi connectivity index (χ2n) is 0.527. The van der Waals surface area contributed by atoms with Crippen LogP contribution in [0, 0.1) is 0 Å². The van der Waals surface area contributed by atoms with Gasteiger partial charge in [0.15, 0.2) is 0 Å². The van der Waals surface area contributed by atoms with Gasteiger partial charge in [0, 0.05) is 0 Å². The summed E-state index contributed by atoms with van der Waals surface area (Å²) in [6.45, 7) is 6.00. The first-order valence-corrected chi connectivity index (χ1v) is 2.08. The third-order valence-corrected chi connectivity index (χ3v) is 0.343. The highest BCUT2D eigenvalue weighted by Crippen LogP contribution is 1.67. The number of carboxylic acids is 1. The zero-order valence-electron chi connectivity index (χ0n) is 3.85. The van der Waals surface area contributed by atoms with Gasteiger partial charge in [0.1, 0.15) is 5.88 Å². The minimum absolute atomic E-state index is 0.306. The predicted molar refractivity (Wildman–Crippen MR) is 29.6 cm³/mol. The summed E-state index contributed by atoms with van der Waals surface area (Å²) >= 11 is 4.74. The number of aliphatic carboxylic acids is 1. The Morgan fingerprint density at radius 2 is 1.86 bits per heavy atom. The molecule has 0 aliphatic carbocycles. The number of hydrogen-bond acceptors (Lipinski definition) is 1. The summed E-state index contributed by atoms with van der Waals surface area (Å²) in [4.78, 5) is 9.24. The molecule has 0 radical (unpaired) electrons. The number of halogens is 1. The lowest BCUT2D eigenvalue weighted by Gasteiger charge is -1.69. The van der Waals surface area contributed by atoms with Crippen molar-refractivity contribution in [1.29, 1.82) is 0 Å². The molecule has 0 fully saturated rings. The molecule has 0 amide bonds. The topological polar surface area (TPSA) is 37.3 Å². The lowest BCUT2D eigenvalue weighted by atomic mass is 10.8. The number of hydrogen-bond donors (Lipinski definition) is 1. The Morgan fingerprint density at radius 3 is 1.86 bits per heavy atom. The van der Waals surface area contributed by atoms with Crippen molar-refractivity contribution in [2.45, 2.75) is 0 Å². The summed E-state index contributed by atoms with van der Waals surface area (Å²) in [6, 6.07) is 0. The van der Waals surface area contributed by atoms with E-state index in [1.54, 1.807) is 0 Å². The van der Waals surface area contributed by atoms with Gasteiger partial charge in [-0.3, -0.25) is 4.79 Å². The molecule has 7 heavy (non-hydrogen) atoms. The van der Waals surface area contributed by atoms with E-state index in [0.717, 1.165) is 0 Å². The van der Waals surface area contributed by atoms with Crippen LogP contribution in [0.15, 0.2) is 13.2 Å². The number of carboxylic acid groups (broad SMARTS) is 1. The third kappa shape index (κ3) is 29.9. The van der Waals surface area contributed by atoms with Crippen LogP contribution in [0.2, 0.25) is 0 Å². The molecular weight excluding hydrogens is 115 g/mol. The average Bonchev–Trinajstić information content (AvgIpc) is 1.73. The van der Waals surface area contributed by atoms with Crippen molar-refractivity contribution < 1.29 is 9.90 Å². The van der Waals surface area contributed by atoms with E-state index in [-0.39, 0.29) is 5.88 Å². The molecule has 2 nitrogen and oxygen atoms in total. The standard InChI is InChI=1S/C2H3ClO2.C2H4/c3-1-2(4)5;1-2/h1H2,(H,4,5);1-2H2. The molecular formula is C4H7ClO2. The van der Waals surface area contributed by atoms with E-state index in [4.69, 9.17) is 16.7 Å². The van der Waals surface area contributed by atoms with Gasteiger partial charge >= 0.3 is 5.97 Å². The van der Waals surface area contributed by atoms with E-state index >= 15 is 0 Å². The first kappa shape index (κ1) is 9.71. The molecule has 0 rings (SSSR count). The van der Waals surface area contributed by atoms with E-state index < -0.39 is 5.97 Å². The Kier molecular flexibility index (Phi) is 12.6. The number of alkyl halides is 1. The zero-order valence-corrected chi connectivity index (χ0v) is 4.61. The second-order valence-corrected chi connectivity index (χ2v) is 0.795. The van der Waals surface area contributed by atoms with Crippen molar-refractivity contribution in [2.75, 3.05) is 5.88 Å². The van der Waals surface area contributed by atoms with Crippen molar-refractivity contribution in [2.24, 2.45) is 0 Å². The normalized spacial score (nSPS) is 5.86. The smallest absolute Gasteiger partial charge is 0.318 e. The molecule has 0 heterocycles. The summed E-state index contributed by atoms with van der Waals surface area (Å²) < 4.78 is 0. The lowest BCUT2D eigenvalue weighted by molar-refractivity contribution is -0.134. The molecule has 0 saturated carbocycles. The van der Waals surface area contributed by atoms with Gasteiger partial charge in [0.05, 0.1) is 0 Å². The third-order valence-electron chi connectivity index (χ3n) is 0.114. The molecule has 0 unspecified atom stereocenters. The fourth-order valence-corrected chi connectivity index (χ4v) is 0. The van der Waals surface area contributed by atoms with Crippen LogP contribution in [0.1, 0.15) is 0 Å². The summed E-state index contributed by atoms with van der Waals surface area (Å²) in [7, 11) is 0. The highest BCUT2D eigenvalue weighted by molar-refractivity contribution is 6.26. The van der Waals surface area contributed by atoms with Crippen LogP contribution < -0.4 is 0 Å². The van der Waals surface area contributed by atoms with Gasteiger partial charge in [-0.05, 0) is 0 Å². The minimum atomic E-state index is -0.980. The van der Waals surface area contributed by atoms with Gasteiger partial charge < -0.3 is 5.11 Å². The zero-order chi connectivity index (χ0) is 6.28. The molecule has 0 aromatic rings. The largest absolute Gasteiger partial charge is 0.480 e. The summed E-state index contributed by atoms with van der Waals surface area (Å²) in [5.74, 6) is -1.29. The SMILES string of the molecule is C=C.O=C(O)CCl. The molecule has 0 aromatic carbocycles. The first-order valence-electron chi connectivity index (χ1n) is 1.55. The van der Waals surface area contributed by atoms with Gasteiger partial charge in [-0.1, -0.05) is 0 Å². The molecule has 3 heteroatoms. The Morgan fingerprint density at radius 1 is 1.71 bits per heavy atom. The van der Waals surface area contributed by atoms with E-state index in [1.807, 2.05) is 0 Å².